The van der Waals surface area contributed by atoms with Crippen molar-refractivity contribution in [1.29, 1.82) is 0 Å². The lowest BCUT2D eigenvalue weighted by molar-refractivity contribution is -0.162. The fourth-order valence-electron chi connectivity index (χ4n) is 4.22. The summed E-state index contributed by atoms with van der Waals surface area (Å²) in [5.41, 5.74) is -0.513. The Kier molecular flexibility index (Phi) is 4.73. The van der Waals surface area contributed by atoms with Gasteiger partial charge in [0.25, 0.3) is 5.91 Å². The van der Waals surface area contributed by atoms with Crippen molar-refractivity contribution in [3.8, 4) is 0 Å². The Morgan fingerprint density at radius 2 is 2.16 bits per heavy atom. The molecule has 2 saturated carbocycles. The minimum absolute atomic E-state index is 0.00370. The van der Waals surface area contributed by atoms with Crippen LogP contribution in [-0.4, -0.2) is 53.4 Å². The van der Waals surface area contributed by atoms with E-state index in [0.717, 1.165) is 24.8 Å². The van der Waals surface area contributed by atoms with E-state index in [-0.39, 0.29) is 18.1 Å². The molecule has 0 N–H and O–H groups in total. The molecule has 2 heterocycles. The summed E-state index contributed by atoms with van der Waals surface area (Å²) in [6.07, 6.45) is 6.81. The van der Waals surface area contributed by atoms with Crippen molar-refractivity contribution < 1.29 is 18.7 Å². The molecular weight excluding hydrogens is 323 g/mol. The Bertz CT molecular complexity index is 608. The number of morpholine rings is 1. The van der Waals surface area contributed by atoms with Crippen molar-refractivity contribution in [2.24, 2.45) is 5.92 Å². The van der Waals surface area contributed by atoms with Crippen molar-refractivity contribution >= 4 is 5.91 Å². The largest absolute Gasteiger partial charge is 0.376 e. The Labute approximate surface area is 147 Å². The number of fused-ring (bicyclic) bond motifs is 1. The van der Waals surface area contributed by atoms with Gasteiger partial charge in [-0.15, -0.1) is 0 Å². The molecule has 4 rings (SSSR count). The highest BCUT2D eigenvalue weighted by molar-refractivity contribution is 5.86. The molecule has 3 unspecified atom stereocenters. The molecule has 0 bridgehead atoms. The number of hydrogen-bond acceptors (Lipinski definition) is 4. The van der Waals surface area contributed by atoms with Crippen LogP contribution < -0.4 is 0 Å². The van der Waals surface area contributed by atoms with E-state index >= 15 is 0 Å². The molecule has 5 nitrogen and oxygen atoms in total. The zero-order valence-corrected chi connectivity index (χ0v) is 14.4. The fraction of sp³-hybridized carbons (Fsp3) is 0.684. The van der Waals surface area contributed by atoms with Gasteiger partial charge in [-0.05, 0) is 55.7 Å². The molecule has 136 valence electrons. The van der Waals surface area contributed by atoms with E-state index in [1.807, 2.05) is 12.1 Å². The molecule has 3 fully saturated rings. The number of aromatic nitrogens is 1. The number of nitrogens with zero attached hydrogens (tertiary/aromatic N) is 2. The number of rotatable bonds is 5. The number of amides is 1. The average Bonchev–Trinajstić information content (AvgIpc) is 3.03. The lowest BCUT2D eigenvalue weighted by Gasteiger charge is -2.43. The van der Waals surface area contributed by atoms with E-state index in [0.29, 0.717) is 45.1 Å². The Hall–Kier alpha value is -1.53. The summed E-state index contributed by atoms with van der Waals surface area (Å²) in [6.45, 7) is 2.22. The van der Waals surface area contributed by atoms with E-state index in [1.165, 1.54) is 0 Å². The van der Waals surface area contributed by atoms with Gasteiger partial charge in [0.2, 0.25) is 0 Å². The molecule has 1 aromatic heterocycles. The van der Waals surface area contributed by atoms with Crippen LogP contribution in [0.4, 0.5) is 4.39 Å². The van der Waals surface area contributed by atoms with Gasteiger partial charge in [-0.1, -0.05) is 0 Å². The van der Waals surface area contributed by atoms with Crippen LogP contribution in [0.2, 0.25) is 0 Å². The van der Waals surface area contributed by atoms with E-state index in [2.05, 4.69) is 4.98 Å². The lowest BCUT2D eigenvalue weighted by atomic mass is 9.80. The minimum Gasteiger partial charge on any atom is -0.376 e. The van der Waals surface area contributed by atoms with Crippen LogP contribution >= 0.6 is 0 Å². The van der Waals surface area contributed by atoms with Gasteiger partial charge in [0.1, 0.15) is 0 Å². The van der Waals surface area contributed by atoms with Crippen LogP contribution in [0, 0.1) is 5.92 Å². The highest BCUT2D eigenvalue weighted by Gasteiger charge is 2.51. The third kappa shape index (κ3) is 3.42. The van der Waals surface area contributed by atoms with Gasteiger partial charge in [-0.25, -0.2) is 4.39 Å². The molecule has 1 saturated heterocycles. The first-order chi connectivity index (χ1) is 12.2. The third-order valence-electron chi connectivity index (χ3n) is 5.80. The molecule has 3 aliphatic rings. The van der Waals surface area contributed by atoms with Gasteiger partial charge >= 0.3 is 0 Å². The molecule has 0 radical (unpaired) electrons. The molecule has 6 heteroatoms. The number of ether oxygens (including phenoxy) is 2. The first kappa shape index (κ1) is 16.9. The highest BCUT2D eigenvalue weighted by Crippen LogP contribution is 2.41. The molecule has 0 aromatic carbocycles. The molecule has 3 atom stereocenters. The maximum Gasteiger partial charge on any atom is 0.260 e. The van der Waals surface area contributed by atoms with E-state index in [4.69, 9.17) is 9.47 Å². The first-order valence-corrected chi connectivity index (χ1v) is 9.24. The third-order valence-corrected chi connectivity index (χ3v) is 5.80. The quantitative estimate of drug-likeness (QED) is 0.820. The van der Waals surface area contributed by atoms with Crippen molar-refractivity contribution in [2.75, 3.05) is 19.8 Å². The summed E-state index contributed by atoms with van der Waals surface area (Å²) in [5.74, 6) is 0.0394. The molecule has 1 aromatic rings. The second-order valence-electron chi connectivity index (χ2n) is 7.50. The topological polar surface area (TPSA) is 51.7 Å². The maximum atomic E-state index is 14.6. The standard InChI is InChI=1S/C19H25FN2O3/c20-19(4-1-5-19)18(23)22-8-9-25-17-11-15(10-16(17)22)13-24-12-14-2-6-21-7-3-14/h2-3,6-7,15-17H,1,4-5,8-13H2. The summed E-state index contributed by atoms with van der Waals surface area (Å²) in [5, 5.41) is 0. The van der Waals surface area contributed by atoms with Gasteiger partial charge in [-0.3, -0.25) is 9.78 Å². The van der Waals surface area contributed by atoms with E-state index in [9.17, 15) is 9.18 Å². The zero-order chi connectivity index (χ0) is 17.3. The number of pyridine rings is 1. The van der Waals surface area contributed by atoms with Crippen LogP contribution in [0.1, 0.15) is 37.7 Å². The zero-order valence-electron chi connectivity index (χ0n) is 14.4. The molecule has 25 heavy (non-hydrogen) atoms. The SMILES string of the molecule is O=C(N1CCOC2CC(COCc3ccncc3)CC21)C1(F)CCC1. The average molecular weight is 348 g/mol. The summed E-state index contributed by atoms with van der Waals surface area (Å²) < 4.78 is 26.3. The number of hydrogen-bond donors (Lipinski definition) is 0. The van der Waals surface area contributed by atoms with Crippen LogP contribution in [0.3, 0.4) is 0 Å². The van der Waals surface area contributed by atoms with Gasteiger partial charge in [0.05, 0.1) is 32.0 Å². The second kappa shape index (κ2) is 7.00. The monoisotopic (exact) mass is 348 g/mol. The Morgan fingerprint density at radius 3 is 2.88 bits per heavy atom. The van der Waals surface area contributed by atoms with Gasteiger partial charge < -0.3 is 14.4 Å². The Balaban J connectivity index is 1.32. The van der Waals surface area contributed by atoms with Crippen LogP contribution in [0.25, 0.3) is 0 Å². The summed E-state index contributed by atoms with van der Waals surface area (Å²) in [6, 6.07) is 3.89. The fourth-order valence-corrected chi connectivity index (χ4v) is 4.22. The van der Waals surface area contributed by atoms with Gasteiger partial charge in [0, 0.05) is 18.9 Å². The minimum atomic E-state index is -1.61. The lowest BCUT2D eigenvalue weighted by Crippen LogP contribution is -2.58. The normalized spacial score (nSPS) is 30.6. The van der Waals surface area contributed by atoms with Crippen LogP contribution in [0.5, 0.6) is 0 Å². The Morgan fingerprint density at radius 1 is 1.36 bits per heavy atom. The van der Waals surface area contributed by atoms with Crippen molar-refractivity contribution in [2.45, 2.75) is 56.5 Å². The number of halogens is 1. The van der Waals surface area contributed by atoms with Crippen molar-refractivity contribution in [3.63, 3.8) is 0 Å². The molecule has 1 amide bonds. The molecular formula is C19H25FN2O3. The number of carbonyl (C=O) groups is 1. The first-order valence-electron chi connectivity index (χ1n) is 9.24. The van der Waals surface area contributed by atoms with Gasteiger partial charge in [-0.2, -0.15) is 0 Å². The molecule has 0 spiro atoms. The van der Waals surface area contributed by atoms with E-state index in [1.54, 1.807) is 17.3 Å². The van der Waals surface area contributed by atoms with Crippen LogP contribution in [-0.2, 0) is 20.9 Å². The maximum absolute atomic E-state index is 14.6. The number of alkyl halides is 1. The van der Waals surface area contributed by atoms with Gasteiger partial charge in [0.15, 0.2) is 5.67 Å². The second-order valence-corrected chi connectivity index (χ2v) is 7.50. The van der Waals surface area contributed by atoms with E-state index < -0.39 is 5.67 Å². The van der Waals surface area contributed by atoms with Crippen LogP contribution in [0.15, 0.2) is 24.5 Å². The summed E-state index contributed by atoms with van der Waals surface area (Å²) in [4.78, 5) is 18.4. The molecule has 1 aliphatic heterocycles. The highest BCUT2D eigenvalue weighted by atomic mass is 19.1. The predicted octanol–water partition coefficient (Wildman–Crippen LogP) is 2.50. The number of carbonyl (C=O) groups excluding carboxylic acids is 1. The smallest absolute Gasteiger partial charge is 0.260 e. The van der Waals surface area contributed by atoms with Crippen molar-refractivity contribution in [3.05, 3.63) is 30.1 Å². The molecule has 2 aliphatic carbocycles. The van der Waals surface area contributed by atoms with Crippen molar-refractivity contribution in [1.82, 2.24) is 9.88 Å². The predicted molar refractivity (Wildman–Crippen MR) is 89.5 cm³/mol. The summed E-state index contributed by atoms with van der Waals surface area (Å²) >= 11 is 0. The summed E-state index contributed by atoms with van der Waals surface area (Å²) in [7, 11) is 0.